The Morgan fingerprint density at radius 1 is 1.09 bits per heavy atom. The van der Waals surface area contributed by atoms with E-state index in [-0.39, 0.29) is 30.0 Å². The smallest absolute Gasteiger partial charge is 0.226 e. The first kappa shape index (κ1) is 24.4. The van der Waals surface area contributed by atoms with Crippen LogP contribution < -0.4 is 4.74 Å². The Morgan fingerprint density at radius 3 is 2.50 bits per heavy atom. The molecule has 182 valence electrons. The molecule has 4 rings (SSSR count). The van der Waals surface area contributed by atoms with E-state index in [1.807, 2.05) is 17.9 Å². The zero-order valence-electron chi connectivity index (χ0n) is 20.5. The number of carbonyl (C=O) groups is 2. The second kappa shape index (κ2) is 10.7. The number of nitrogens with zero attached hydrogens (tertiary/aromatic N) is 2. The molecule has 2 aromatic rings. The first-order valence-corrected chi connectivity index (χ1v) is 12.3. The average Bonchev–Trinajstić information content (AvgIpc) is 3.37. The number of hydrogen-bond acceptors (Lipinski definition) is 4. The lowest BCUT2D eigenvalue weighted by molar-refractivity contribution is -0.140. The number of piperazine rings is 1. The van der Waals surface area contributed by atoms with Crippen molar-refractivity contribution in [3.05, 3.63) is 64.5 Å². The molecule has 2 aliphatic rings. The molecule has 0 bridgehead atoms. The van der Waals surface area contributed by atoms with E-state index in [1.165, 1.54) is 6.07 Å². The summed E-state index contributed by atoms with van der Waals surface area (Å²) >= 11 is 0. The number of benzene rings is 2. The van der Waals surface area contributed by atoms with Gasteiger partial charge in [0.25, 0.3) is 0 Å². The van der Waals surface area contributed by atoms with Crippen molar-refractivity contribution < 1.29 is 18.7 Å². The van der Waals surface area contributed by atoms with E-state index in [2.05, 4.69) is 11.8 Å². The van der Waals surface area contributed by atoms with Gasteiger partial charge < -0.3 is 9.64 Å². The van der Waals surface area contributed by atoms with Crippen molar-refractivity contribution in [2.24, 2.45) is 5.92 Å². The summed E-state index contributed by atoms with van der Waals surface area (Å²) in [4.78, 5) is 30.2. The Hall–Kier alpha value is -2.73. The summed E-state index contributed by atoms with van der Waals surface area (Å²) in [5.41, 5.74) is 3.05. The van der Waals surface area contributed by atoms with Crippen LogP contribution in [-0.4, -0.2) is 54.3 Å². The van der Waals surface area contributed by atoms with Crippen molar-refractivity contribution in [3.8, 4) is 5.75 Å². The molecule has 0 spiro atoms. The highest BCUT2D eigenvalue weighted by atomic mass is 19.1. The Balaban J connectivity index is 1.44. The molecule has 1 atom stereocenters. The summed E-state index contributed by atoms with van der Waals surface area (Å²) in [6.45, 7) is 6.93. The standard InChI is InChI=1S/C28H35FN2O3/c1-19-17-30(12-13-31(19)28(33)21-8-4-5-9-21)18-23-15-24(29)14-22(20(23)2)16-26(32)25-10-6-7-11-27(25)34-3/h6-7,10-11,14-15,19,21H,4-5,8-9,12-13,16-18H2,1-3H3/t19-/m0/s1. The topological polar surface area (TPSA) is 49.9 Å². The number of amides is 1. The van der Waals surface area contributed by atoms with Gasteiger partial charge in [0, 0.05) is 44.6 Å². The van der Waals surface area contributed by atoms with E-state index in [0.29, 0.717) is 35.9 Å². The summed E-state index contributed by atoms with van der Waals surface area (Å²) in [6, 6.07) is 10.3. The summed E-state index contributed by atoms with van der Waals surface area (Å²) in [5.74, 6) is 0.614. The largest absolute Gasteiger partial charge is 0.496 e. The zero-order chi connectivity index (χ0) is 24.2. The monoisotopic (exact) mass is 466 g/mol. The molecular weight excluding hydrogens is 431 g/mol. The van der Waals surface area contributed by atoms with Crippen LogP contribution in [0, 0.1) is 18.7 Å². The van der Waals surface area contributed by atoms with Crippen molar-refractivity contribution in [3.63, 3.8) is 0 Å². The maximum absolute atomic E-state index is 14.6. The van der Waals surface area contributed by atoms with Gasteiger partial charge in [0.05, 0.1) is 12.7 Å². The van der Waals surface area contributed by atoms with Gasteiger partial charge in [0.2, 0.25) is 5.91 Å². The maximum Gasteiger partial charge on any atom is 0.226 e. The van der Waals surface area contributed by atoms with Crippen molar-refractivity contribution in [1.82, 2.24) is 9.80 Å². The summed E-state index contributed by atoms with van der Waals surface area (Å²) < 4.78 is 19.9. The Morgan fingerprint density at radius 2 is 1.79 bits per heavy atom. The van der Waals surface area contributed by atoms with Crippen LogP contribution in [0.4, 0.5) is 4.39 Å². The van der Waals surface area contributed by atoms with Gasteiger partial charge >= 0.3 is 0 Å². The third-order valence-corrected chi connectivity index (χ3v) is 7.44. The Kier molecular flexibility index (Phi) is 7.67. The van der Waals surface area contributed by atoms with Crippen LogP contribution in [0.15, 0.2) is 36.4 Å². The van der Waals surface area contributed by atoms with Gasteiger partial charge in [-0.2, -0.15) is 0 Å². The van der Waals surface area contributed by atoms with Crippen molar-refractivity contribution >= 4 is 11.7 Å². The molecule has 6 heteroatoms. The number of methoxy groups -OCH3 is 1. The number of hydrogen-bond donors (Lipinski definition) is 0. The quantitative estimate of drug-likeness (QED) is 0.551. The van der Waals surface area contributed by atoms with Gasteiger partial charge in [-0.05, 0) is 67.6 Å². The van der Waals surface area contributed by atoms with Gasteiger partial charge in [0.15, 0.2) is 5.78 Å². The maximum atomic E-state index is 14.6. The van der Waals surface area contributed by atoms with Crippen LogP contribution in [-0.2, 0) is 17.8 Å². The molecule has 0 aromatic heterocycles. The minimum atomic E-state index is -0.327. The van der Waals surface area contributed by atoms with Crippen LogP contribution >= 0.6 is 0 Å². The van der Waals surface area contributed by atoms with Crippen LogP contribution in [0.25, 0.3) is 0 Å². The van der Waals surface area contributed by atoms with Gasteiger partial charge in [-0.3, -0.25) is 14.5 Å². The zero-order valence-corrected chi connectivity index (χ0v) is 20.5. The molecular formula is C28H35FN2O3. The van der Waals surface area contributed by atoms with E-state index in [4.69, 9.17) is 4.74 Å². The molecule has 1 aliphatic carbocycles. The summed E-state index contributed by atoms with van der Waals surface area (Å²) in [7, 11) is 1.54. The van der Waals surface area contributed by atoms with Crippen LogP contribution in [0.3, 0.4) is 0 Å². The van der Waals surface area contributed by atoms with Crippen molar-refractivity contribution in [2.45, 2.75) is 58.5 Å². The molecule has 1 aliphatic heterocycles. The second-order valence-corrected chi connectivity index (χ2v) is 9.75. The van der Waals surface area contributed by atoms with Gasteiger partial charge in [-0.15, -0.1) is 0 Å². The van der Waals surface area contributed by atoms with Gasteiger partial charge in [0.1, 0.15) is 11.6 Å². The molecule has 1 heterocycles. The SMILES string of the molecule is COc1ccccc1C(=O)Cc1cc(F)cc(CN2CCN(C(=O)C3CCCC3)[C@@H](C)C2)c1C. The highest BCUT2D eigenvalue weighted by Gasteiger charge is 2.33. The number of ketones is 1. The molecule has 0 unspecified atom stereocenters. The lowest BCUT2D eigenvalue weighted by Gasteiger charge is -2.41. The second-order valence-electron chi connectivity index (χ2n) is 9.75. The van der Waals surface area contributed by atoms with E-state index >= 15 is 0 Å². The fourth-order valence-electron chi connectivity index (χ4n) is 5.44. The lowest BCUT2D eigenvalue weighted by Crippen LogP contribution is -2.54. The predicted octanol–water partition coefficient (Wildman–Crippen LogP) is 4.79. The van der Waals surface area contributed by atoms with E-state index in [0.717, 1.165) is 49.9 Å². The van der Waals surface area contributed by atoms with Crippen molar-refractivity contribution in [2.75, 3.05) is 26.7 Å². The predicted molar refractivity (Wildman–Crippen MR) is 131 cm³/mol. The molecule has 2 aromatic carbocycles. The minimum absolute atomic E-state index is 0.0928. The number of Topliss-reactive ketones (excluding diaryl/α,β-unsaturated/α-hetero) is 1. The minimum Gasteiger partial charge on any atom is -0.496 e. The van der Waals surface area contributed by atoms with Crippen LogP contribution in [0.2, 0.25) is 0 Å². The number of halogens is 1. The van der Waals surface area contributed by atoms with Crippen molar-refractivity contribution in [1.29, 1.82) is 0 Å². The third kappa shape index (κ3) is 5.33. The fraction of sp³-hybridized carbons (Fsp3) is 0.500. The highest BCUT2D eigenvalue weighted by molar-refractivity contribution is 6.00. The average molecular weight is 467 g/mol. The number of para-hydroxylation sites is 1. The number of ether oxygens (including phenoxy) is 1. The number of carbonyl (C=O) groups excluding carboxylic acids is 2. The van der Waals surface area contributed by atoms with Gasteiger partial charge in [-0.1, -0.05) is 25.0 Å². The first-order valence-electron chi connectivity index (χ1n) is 12.3. The summed E-state index contributed by atoms with van der Waals surface area (Å²) in [6.07, 6.45) is 4.48. The molecule has 2 fully saturated rings. The molecule has 5 nitrogen and oxygen atoms in total. The van der Waals surface area contributed by atoms with Crippen LogP contribution in [0.1, 0.15) is 59.7 Å². The molecule has 0 N–H and O–H groups in total. The first-order chi connectivity index (χ1) is 16.4. The Labute approximate surface area is 201 Å². The fourth-order valence-corrected chi connectivity index (χ4v) is 5.44. The van der Waals surface area contributed by atoms with Crippen LogP contribution in [0.5, 0.6) is 5.75 Å². The molecule has 1 saturated carbocycles. The molecule has 1 saturated heterocycles. The van der Waals surface area contributed by atoms with E-state index < -0.39 is 0 Å². The number of rotatable bonds is 7. The van der Waals surface area contributed by atoms with E-state index in [9.17, 15) is 14.0 Å². The summed E-state index contributed by atoms with van der Waals surface area (Å²) in [5, 5.41) is 0. The third-order valence-electron chi connectivity index (χ3n) is 7.44. The lowest BCUT2D eigenvalue weighted by atomic mass is 9.95. The highest BCUT2D eigenvalue weighted by Crippen LogP contribution is 2.29. The van der Waals surface area contributed by atoms with Gasteiger partial charge in [-0.25, -0.2) is 4.39 Å². The molecule has 34 heavy (non-hydrogen) atoms. The molecule has 1 amide bonds. The normalized spacial score (nSPS) is 19.4. The van der Waals surface area contributed by atoms with E-state index in [1.54, 1.807) is 31.4 Å². The Bertz CT molecular complexity index is 1050. The molecule has 0 radical (unpaired) electrons.